The van der Waals surface area contributed by atoms with E-state index in [1.54, 1.807) is 19.1 Å². The number of nitrogens with one attached hydrogen (secondary N) is 1. The Morgan fingerprint density at radius 3 is 2.74 bits per heavy atom. The van der Waals surface area contributed by atoms with Crippen LogP contribution in [-0.2, 0) is 19.1 Å². The highest BCUT2D eigenvalue weighted by Gasteiger charge is 2.23. The third kappa shape index (κ3) is 5.65. The summed E-state index contributed by atoms with van der Waals surface area (Å²) in [5.74, 6) is -1.29. The van der Waals surface area contributed by atoms with E-state index in [0.29, 0.717) is 6.61 Å². The standard InChI is InChI=1S/C17H23NO5/c1-12(23-11-14-8-5-9-22-14)17(21)18-15(10-16(19)20)13-6-3-2-4-7-13/h2-4,6-7,12,14-15H,5,8-11H2,1H3,(H,18,21)(H,19,20). The first-order valence-electron chi connectivity index (χ1n) is 7.86. The monoisotopic (exact) mass is 321 g/mol. The number of carboxylic acids is 1. The zero-order valence-corrected chi connectivity index (χ0v) is 13.2. The molecule has 2 rings (SSSR count). The molecule has 0 aromatic heterocycles. The van der Waals surface area contributed by atoms with Crippen LogP contribution in [0.5, 0.6) is 0 Å². The molecular formula is C17H23NO5. The lowest BCUT2D eigenvalue weighted by atomic mass is 10.0. The number of ether oxygens (including phenoxy) is 2. The lowest BCUT2D eigenvalue weighted by molar-refractivity contribution is -0.138. The zero-order chi connectivity index (χ0) is 16.7. The van der Waals surface area contributed by atoms with E-state index >= 15 is 0 Å². The predicted octanol–water partition coefficient (Wildman–Crippen LogP) is 1.90. The lowest BCUT2D eigenvalue weighted by Gasteiger charge is -2.21. The Balaban J connectivity index is 1.89. The molecule has 0 aliphatic carbocycles. The van der Waals surface area contributed by atoms with Crippen LogP contribution in [-0.4, -0.2) is 42.4 Å². The van der Waals surface area contributed by atoms with Crippen LogP contribution in [0.1, 0.15) is 37.8 Å². The molecular weight excluding hydrogens is 298 g/mol. The molecule has 1 aliphatic heterocycles. The van der Waals surface area contributed by atoms with Gasteiger partial charge in [0.15, 0.2) is 0 Å². The van der Waals surface area contributed by atoms with Gasteiger partial charge in [-0.25, -0.2) is 0 Å². The third-order valence-electron chi connectivity index (χ3n) is 3.82. The Bertz CT molecular complexity index is 513. The van der Waals surface area contributed by atoms with E-state index in [1.807, 2.05) is 18.2 Å². The van der Waals surface area contributed by atoms with E-state index in [9.17, 15) is 9.59 Å². The number of carbonyl (C=O) groups excluding carboxylic acids is 1. The quantitative estimate of drug-likeness (QED) is 0.764. The normalized spacial score (nSPS) is 20.0. The van der Waals surface area contributed by atoms with Gasteiger partial charge < -0.3 is 19.9 Å². The van der Waals surface area contributed by atoms with Crippen LogP contribution in [0.25, 0.3) is 0 Å². The van der Waals surface area contributed by atoms with Gasteiger partial charge in [0.25, 0.3) is 0 Å². The average Bonchev–Trinajstić information content (AvgIpc) is 3.05. The Morgan fingerprint density at radius 2 is 2.13 bits per heavy atom. The maximum Gasteiger partial charge on any atom is 0.305 e. The molecule has 1 aromatic carbocycles. The first kappa shape index (κ1) is 17.4. The van der Waals surface area contributed by atoms with Crippen molar-refractivity contribution in [1.29, 1.82) is 0 Å². The maximum absolute atomic E-state index is 12.2. The molecule has 1 fully saturated rings. The minimum Gasteiger partial charge on any atom is -0.481 e. The number of benzene rings is 1. The van der Waals surface area contributed by atoms with Crippen LogP contribution in [0.3, 0.4) is 0 Å². The molecule has 2 N–H and O–H groups in total. The summed E-state index contributed by atoms with van der Waals surface area (Å²) >= 11 is 0. The van der Waals surface area contributed by atoms with Crippen molar-refractivity contribution in [2.75, 3.05) is 13.2 Å². The maximum atomic E-state index is 12.2. The number of amides is 1. The number of carboxylic acid groups (broad SMARTS) is 1. The number of rotatable bonds is 8. The van der Waals surface area contributed by atoms with Gasteiger partial charge >= 0.3 is 5.97 Å². The smallest absolute Gasteiger partial charge is 0.305 e. The molecule has 1 aliphatic rings. The summed E-state index contributed by atoms with van der Waals surface area (Å²) < 4.78 is 11.0. The molecule has 1 amide bonds. The summed E-state index contributed by atoms with van der Waals surface area (Å²) in [7, 11) is 0. The van der Waals surface area contributed by atoms with Gasteiger partial charge in [0.2, 0.25) is 5.91 Å². The van der Waals surface area contributed by atoms with Crippen molar-refractivity contribution in [3.63, 3.8) is 0 Å². The van der Waals surface area contributed by atoms with Crippen molar-refractivity contribution < 1.29 is 24.2 Å². The van der Waals surface area contributed by atoms with E-state index in [-0.39, 0.29) is 18.4 Å². The molecule has 0 radical (unpaired) electrons. The molecule has 0 bridgehead atoms. The van der Waals surface area contributed by atoms with Crippen LogP contribution in [0.15, 0.2) is 30.3 Å². The minimum atomic E-state index is -0.966. The SMILES string of the molecule is CC(OCC1CCCO1)C(=O)NC(CC(=O)O)c1ccccc1. The zero-order valence-electron chi connectivity index (χ0n) is 13.2. The summed E-state index contributed by atoms with van der Waals surface area (Å²) in [5.41, 5.74) is 0.759. The van der Waals surface area contributed by atoms with Crippen LogP contribution >= 0.6 is 0 Å². The van der Waals surface area contributed by atoms with Crippen molar-refractivity contribution >= 4 is 11.9 Å². The fourth-order valence-corrected chi connectivity index (χ4v) is 2.50. The van der Waals surface area contributed by atoms with Crippen LogP contribution < -0.4 is 5.32 Å². The second-order valence-corrected chi connectivity index (χ2v) is 5.68. The lowest BCUT2D eigenvalue weighted by Crippen LogP contribution is -2.39. The highest BCUT2D eigenvalue weighted by atomic mass is 16.5. The molecule has 3 atom stereocenters. The third-order valence-corrected chi connectivity index (χ3v) is 3.82. The van der Waals surface area contributed by atoms with E-state index in [2.05, 4.69) is 5.32 Å². The summed E-state index contributed by atoms with van der Waals surface area (Å²) in [6, 6.07) is 8.49. The second kappa shape index (κ2) is 8.64. The fraction of sp³-hybridized carbons (Fsp3) is 0.529. The van der Waals surface area contributed by atoms with Crippen LogP contribution in [0, 0.1) is 0 Å². The van der Waals surface area contributed by atoms with E-state index < -0.39 is 18.1 Å². The van der Waals surface area contributed by atoms with E-state index in [1.165, 1.54) is 0 Å². The Kier molecular flexibility index (Phi) is 6.55. The highest BCUT2D eigenvalue weighted by molar-refractivity contribution is 5.81. The van der Waals surface area contributed by atoms with Gasteiger partial charge in [0, 0.05) is 6.61 Å². The van der Waals surface area contributed by atoms with Crippen molar-refractivity contribution in [2.24, 2.45) is 0 Å². The summed E-state index contributed by atoms with van der Waals surface area (Å²) in [5, 5.41) is 11.8. The topological polar surface area (TPSA) is 84.9 Å². The van der Waals surface area contributed by atoms with Gasteiger partial charge in [-0.3, -0.25) is 9.59 Å². The number of carbonyl (C=O) groups is 2. The average molecular weight is 321 g/mol. The van der Waals surface area contributed by atoms with Gasteiger partial charge in [0.1, 0.15) is 6.10 Å². The molecule has 6 nitrogen and oxygen atoms in total. The largest absolute Gasteiger partial charge is 0.481 e. The molecule has 1 heterocycles. The molecule has 6 heteroatoms. The van der Waals surface area contributed by atoms with Crippen LogP contribution in [0.4, 0.5) is 0 Å². The second-order valence-electron chi connectivity index (χ2n) is 5.68. The van der Waals surface area contributed by atoms with E-state index in [4.69, 9.17) is 14.6 Å². The molecule has 23 heavy (non-hydrogen) atoms. The van der Waals surface area contributed by atoms with Gasteiger partial charge in [-0.15, -0.1) is 0 Å². The van der Waals surface area contributed by atoms with E-state index in [0.717, 1.165) is 25.0 Å². The van der Waals surface area contributed by atoms with Gasteiger partial charge in [-0.2, -0.15) is 0 Å². The van der Waals surface area contributed by atoms with Crippen molar-refractivity contribution in [2.45, 2.75) is 44.4 Å². The first-order chi connectivity index (χ1) is 11.1. The Hall–Kier alpha value is -1.92. The molecule has 1 saturated heterocycles. The van der Waals surface area contributed by atoms with Gasteiger partial charge in [-0.05, 0) is 25.3 Å². The fourth-order valence-electron chi connectivity index (χ4n) is 2.50. The van der Waals surface area contributed by atoms with Gasteiger partial charge in [-0.1, -0.05) is 30.3 Å². The minimum absolute atomic E-state index is 0.0502. The van der Waals surface area contributed by atoms with Crippen molar-refractivity contribution in [3.8, 4) is 0 Å². The molecule has 3 unspecified atom stereocenters. The predicted molar refractivity (Wildman–Crippen MR) is 84.0 cm³/mol. The first-order valence-corrected chi connectivity index (χ1v) is 7.86. The number of hydrogen-bond donors (Lipinski definition) is 2. The van der Waals surface area contributed by atoms with Crippen molar-refractivity contribution in [1.82, 2.24) is 5.32 Å². The van der Waals surface area contributed by atoms with Crippen molar-refractivity contribution in [3.05, 3.63) is 35.9 Å². The molecule has 126 valence electrons. The molecule has 0 saturated carbocycles. The molecule has 1 aromatic rings. The van der Waals surface area contributed by atoms with Gasteiger partial charge in [0.05, 0.1) is 25.2 Å². The highest BCUT2D eigenvalue weighted by Crippen LogP contribution is 2.17. The summed E-state index contributed by atoms with van der Waals surface area (Å²) in [4.78, 5) is 23.3. The number of hydrogen-bond acceptors (Lipinski definition) is 4. The number of aliphatic carboxylic acids is 1. The van der Waals surface area contributed by atoms with Crippen LogP contribution in [0.2, 0.25) is 0 Å². The Morgan fingerprint density at radius 1 is 1.39 bits per heavy atom. The molecule has 0 spiro atoms. The Labute approximate surface area is 135 Å². The summed E-state index contributed by atoms with van der Waals surface area (Å²) in [6.07, 6.45) is 1.19. The summed E-state index contributed by atoms with van der Waals surface area (Å²) in [6.45, 7) is 2.78.